The van der Waals surface area contributed by atoms with Crippen LogP contribution in [0.5, 0.6) is 0 Å². The van der Waals surface area contributed by atoms with E-state index in [0.717, 1.165) is 29.4 Å². The van der Waals surface area contributed by atoms with Crippen molar-refractivity contribution in [3.8, 4) is 0 Å². The zero-order valence-electron chi connectivity index (χ0n) is 11.0. The molecule has 98 valence electrons. The summed E-state index contributed by atoms with van der Waals surface area (Å²) in [5, 5.41) is 4.36. The van der Waals surface area contributed by atoms with Crippen LogP contribution < -0.4 is 5.73 Å². The van der Waals surface area contributed by atoms with E-state index >= 15 is 0 Å². The van der Waals surface area contributed by atoms with Gasteiger partial charge in [-0.2, -0.15) is 5.10 Å². The normalized spacial score (nSPS) is 14.9. The van der Waals surface area contributed by atoms with E-state index in [1.807, 2.05) is 18.7 Å². The molecule has 0 radical (unpaired) electrons. The van der Waals surface area contributed by atoms with Gasteiger partial charge in [-0.25, -0.2) is 0 Å². The Morgan fingerprint density at radius 1 is 1.47 bits per heavy atom. The molecule has 0 fully saturated rings. The molecule has 1 rings (SSSR count). The van der Waals surface area contributed by atoms with Crippen LogP contribution in [0.1, 0.15) is 31.2 Å². The highest BCUT2D eigenvalue weighted by atomic mass is 79.9. The molecule has 1 aromatic heterocycles. The SMILES string of the molecule is COC(C)CCC(N)Cc1c(Br)c(C)nn1C. The predicted molar refractivity (Wildman–Crippen MR) is 73.0 cm³/mol. The maximum Gasteiger partial charge on any atom is 0.0738 e. The van der Waals surface area contributed by atoms with Crippen molar-refractivity contribution < 1.29 is 4.74 Å². The monoisotopic (exact) mass is 303 g/mol. The quantitative estimate of drug-likeness (QED) is 0.876. The summed E-state index contributed by atoms with van der Waals surface area (Å²) in [7, 11) is 3.69. The third-order valence-electron chi connectivity index (χ3n) is 3.06. The van der Waals surface area contributed by atoms with Crippen molar-refractivity contribution in [3.05, 3.63) is 15.9 Å². The fourth-order valence-corrected chi connectivity index (χ4v) is 2.32. The summed E-state index contributed by atoms with van der Waals surface area (Å²) < 4.78 is 8.20. The minimum Gasteiger partial charge on any atom is -0.382 e. The van der Waals surface area contributed by atoms with Crippen LogP contribution in [0.2, 0.25) is 0 Å². The lowest BCUT2D eigenvalue weighted by atomic mass is 10.0. The Morgan fingerprint density at radius 3 is 2.59 bits per heavy atom. The van der Waals surface area contributed by atoms with Gasteiger partial charge < -0.3 is 10.5 Å². The Balaban J connectivity index is 2.53. The van der Waals surface area contributed by atoms with Gasteiger partial charge in [0.25, 0.3) is 0 Å². The molecule has 5 heteroatoms. The Labute approximate surface area is 112 Å². The Bertz CT molecular complexity index is 365. The van der Waals surface area contributed by atoms with Crippen LogP contribution in [0, 0.1) is 6.92 Å². The van der Waals surface area contributed by atoms with Crippen LogP contribution in [-0.4, -0.2) is 29.0 Å². The maximum atomic E-state index is 6.14. The van der Waals surface area contributed by atoms with Crippen LogP contribution in [0.15, 0.2) is 4.47 Å². The van der Waals surface area contributed by atoms with Gasteiger partial charge in [-0.15, -0.1) is 0 Å². The van der Waals surface area contributed by atoms with Gasteiger partial charge in [0.15, 0.2) is 0 Å². The molecule has 0 aliphatic rings. The third kappa shape index (κ3) is 4.08. The van der Waals surface area contributed by atoms with Crippen molar-refractivity contribution in [2.45, 2.75) is 45.3 Å². The average molecular weight is 304 g/mol. The Hall–Kier alpha value is -0.390. The van der Waals surface area contributed by atoms with E-state index in [-0.39, 0.29) is 12.1 Å². The van der Waals surface area contributed by atoms with Gasteiger partial charge in [0, 0.05) is 26.6 Å². The maximum absolute atomic E-state index is 6.14. The highest BCUT2D eigenvalue weighted by Crippen LogP contribution is 2.22. The summed E-state index contributed by atoms with van der Waals surface area (Å²) in [6.45, 7) is 4.06. The average Bonchev–Trinajstić information content (AvgIpc) is 2.53. The van der Waals surface area contributed by atoms with E-state index in [2.05, 4.69) is 28.0 Å². The highest BCUT2D eigenvalue weighted by Gasteiger charge is 2.14. The molecule has 1 heterocycles. The number of aromatic nitrogens is 2. The summed E-state index contributed by atoms with van der Waals surface area (Å²) in [6, 6.07) is 0.152. The lowest BCUT2D eigenvalue weighted by Crippen LogP contribution is -2.25. The molecule has 0 saturated heterocycles. The van der Waals surface area contributed by atoms with Crippen molar-refractivity contribution in [2.24, 2.45) is 12.8 Å². The molecule has 1 aromatic rings. The molecule has 17 heavy (non-hydrogen) atoms. The van der Waals surface area contributed by atoms with Gasteiger partial charge in [0.05, 0.1) is 22.0 Å². The number of aryl methyl sites for hydroxylation is 2. The number of nitrogens with zero attached hydrogens (tertiary/aromatic N) is 2. The Kier molecular flexibility index (Phi) is 5.62. The number of ether oxygens (including phenoxy) is 1. The van der Waals surface area contributed by atoms with Crippen LogP contribution in [0.4, 0.5) is 0 Å². The molecule has 2 atom stereocenters. The summed E-state index contributed by atoms with van der Waals surface area (Å²) >= 11 is 3.56. The van der Waals surface area contributed by atoms with Crippen LogP contribution in [0.3, 0.4) is 0 Å². The largest absolute Gasteiger partial charge is 0.382 e. The van der Waals surface area contributed by atoms with Crippen molar-refractivity contribution >= 4 is 15.9 Å². The fraction of sp³-hybridized carbons (Fsp3) is 0.750. The molecule has 0 aromatic carbocycles. The van der Waals surface area contributed by atoms with Gasteiger partial charge in [-0.05, 0) is 42.6 Å². The first kappa shape index (κ1) is 14.7. The zero-order valence-corrected chi connectivity index (χ0v) is 12.6. The van der Waals surface area contributed by atoms with Crippen molar-refractivity contribution in [2.75, 3.05) is 7.11 Å². The van der Waals surface area contributed by atoms with Crippen LogP contribution >= 0.6 is 15.9 Å². The first-order chi connectivity index (χ1) is 7.95. The highest BCUT2D eigenvalue weighted by molar-refractivity contribution is 9.10. The molecular weight excluding hydrogens is 282 g/mol. The molecule has 0 spiro atoms. The topological polar surface area (TPSA) is 53.1 Å². The molecule has 0 saturated carbocycles. The zero-order chi connectivity index (χ0) is 13.0. The van der Waals surface area contributed by atoms with Gasteiger partial charge in [-0.1, -0.05) is 0 Å². The molecular formula is C12H22BrN3O. The van der Waals surface area contributed by atoms with Gasteiger partial charge in [0.1, 0.15) is 0 Å². The summed E-state index contributed by atoms with van der Waals surface area (Å²) in [5.74, 6) is 0. The van der Waals surface area contributed by atoms with E-state index in [4.69, 9.17) is 10.5 Å². The molecule has 0 aliphatic heterocycles. The van der Waals surface area contributed by atoms with Gasteiger partial charge in [0.2, 0.25) is 0 Å². The van der Waals surface area contributed by atoms with Crippen molar-refractivity contribution in [1.82, 2.24) is 9.78 Å². The molecule has 4 nitrogen and oxygen atoms in total. The van der Waals surface area contributed by atoms with E-state index in [0.29, 0.717) is 0 Å². The smallest absolute Gasteiger partial charge is 0.0738 e. The lowest BCUT2D eigenvalue weighted by molar-refractivity contribution is 0.107. The third-order valence-corrected chi connectivity index (χ3v) is 4.10. The number of hydrogen-bond acceptors (Lipinski definition) is 3. The number of methoxy groups -OCH3 is 1. The summed E-state index contributed by atoms with van der Waals surface area (Å²) in [4.78, 5) is 0. The van der Waals surface area contributed by atoms with E-state index in [9.17, 15) is 0 Å². The molecule has 0 aliphatic carbocycles. The second-order valence-electron chi connectivity index (χ2n) is 4.56. The Morgan fingerprint density at radius 2 is 2.12 bits per heavy atom. The van der Waals surface area contributed by atoms with Crippen molar-refractivity contribution in [3.63, 3.8) is 0 Å². The first-order valence-corrected chi connectivity index (χ1v) is 6.71. The molecule has 0 bridgehead atoms. The molecule has 2 N–H and O–H groups in total. The second kappa shape index (κ2) is 6.52. The minimum absolute atomic E-state index is 0.152. The lowest BCUT2D eigenvalue weighted by Gasteiger charge is -2.15. The molecule has 0 amide bonds. The summed E-state index contributed by atoms with van der Waals surface area (Å²) in [5.41, 5.74) is 8.32. The second-order valence-corrected chi connectivity index (χ2v) is 5.35. The van der Waals surface area contributed by atoms with Gasteiger partial charge in [-0.3, -0.25) is 4.68 Å². The van der Waals surface area contributed by atoms with Crippen molar-refractivity contribution in [1.29, 1.82) is 0 Å². The number of halogens is 1. The summed E-state index contributed by atoms with van der Waals surface area (Å²) in [6.07, 6.45) is 3.07. The van der Waals surface area contributed by atoms with Gasteiger partial charge >= 0.3 is 0 Å². The molecule has 2 unspecified atom stereocenters. The van der Waals surface area contributed by atoms with Crippen LogP contribution in [0.25, 0.3) is 0 Å². The predicted octanol–water partition coefficient (Wildman–Crippen LogP) is 2.18. The number of hydrogen-bond donors (Lipinski definition) is 1. The van der Waals surface area contributed by atoms with Crippen LogP contribution in [-0.2, 0) is 18.2 Å². The van der Waals surface area contributed by atoms with E-state index in [1.165, 1.54) is 5.69 Å². The van der Waals surface area contributed by atoms with E-state index in [1.54, 1.807) is 7.11 Å². The first-order valence-electron chi connectivity index (χ1n) is 5.92. The fourth-order valence-electron chi connectivity index (χ4n) is 1.82. The number of nitrogens with two attached hydrogens (primary N) is 1. The van der Waals surface area contributed by atoms with E-state index < -0.39 is 0 Å². The minimum atomic E-state index is 0.152. The standard InChI is InChI=1S/C12H22BrN3O/c1-8(17-4)5-6-10(14)7-11-12(13)9(2)15-16(11)3/h8,10H,5-7,14H2,1-4H3. The number of rotatable bonds is 6.